The van der Waals surface area contributed by atoms with Gasteiger partial charge in [0.1, 0.15) is 0 Å². The van der Waals surface area contributed by atoms with Crippen LogP contribution in [0.3, 0.4) is 0 Å². The first-order chi connectivity index (χ1) is 14.5. The van der Waals surface area contributed by atoms with E-state index in [1.54, 1.807) is 4.31 Å². The summed E-state index contributed by atoms with van der Waals surface area (Å²) in [6, 6.07) is 0. The van der Waals surface area contributed by atoms with Crippen molar-refractivity contribution in [2.75, 3.05) is 13.1 Å². The Kier molecular flexibility index (Phi) is 6.23. The molecule has 0 radical (unpaired) electrons. The first-order valence-electron chi connectivity index (χ1n) is 12.3. The first-order valence-corrected chi connectivity index (χ1v) is 15.2. The number of nitrogens with two attached hydrogens (primary N) is 1. The molecular formula is C22H38N3NaO4S2. The van der Waals surface area contributed by atoms with E-state index in [0.717, 1.165) is 74.0 Å². The zero-order valence-electron chi connectivity index (χ0n) is 20.3. The van der Waals surface area contributed by atoms with Gasteiger partial charge in [-0.1, -0.05) is 0 Å². The van der Waals surface area contributed by atoms with E-state index in [9.17, 15) is 12.6 Å². The van der Waals surface area contributed by atoms with E-state index >= 15 is 0 Å². The monoisotopic (exact) mass is 495 g/mol. The average molecular weight is 496 g/mol. The minimum atomic E-state index is -4.46. The van der Waals surface area contributed by atoms with E-state index in [-0.39, 0.29) is 41.8 Å². The topological polar surface area (TPSA) is 114 Å². The summed E-state index contributed by atoms with van der Waals surface area (Å²) in [7, 11) is -8.41. The van der Waals surface area contributed by atoms with Crippen molar-refractivity contribution in [2.24, 2.45) is 51.5 Å². The van der Waals surface area contributed by atoms with Gasteiger partial charge in [-0.15, -0.1) is 3.63 Å². The molecule has 10 heteroatoms. The third-order valence-electron chi connectivity index (χ3n) is 9.88. The SMILES string of the molecule is N=S(=O)(OS(N)(=O)=O)N(CC12CC3CC(CC(C3)C1)C2)CC12CC3CC(CC(C3)C1)C2.[H-].[Na+]. The normalized spacial score (nSPS) is 48.1. The number of rotatable bonds is 7. The van der Waals surface area contributed by atoms with Crippen molar-refractivity contribution < 1.29 is 47.2 Å². The number of nitrogens with one attached hydrogen (secondary N) is 1. The van der Waals surface area contributed by atoms with Gasteiger partial charge in [-0.25, -0.2) is 14.1 Å². The molecule has 8 bridgehead atoms. The smallest absolute Gasteiger partial charge is 1.00 e. The van der Waals surface area contributed by atoms with Crippen LogP contribution in [0, 0.1) is 51.1 Å². The van der Waals surface area contributed by atoms with Crippen LogP contribution in [-0.2, 0) is 24.1 Å². The Labute approximate surface area is 217 Å². The molecule has 1 atom stereocenters. The third-order valence-corrected chi connectivity index (χ3v) is 12.3. The molecule has 8 aliphatic carbocycles. The molecule has 0 heterocycles. The summed E-state index contributed by atoms with van der Waals surface area (Å²) in [6.45, 7) is 1.05. The zero-order chi connectivity index (χ0) is 21.6. The quantitative estimate of drug-likeness (QED) is 0.512. The maximum atomic E-state index is 13.5. The second-order valence-electron chi connectivity index (χ2n) is 12.7. The molecule has 0 aliphatic heterocycles. The van der Waals surface area contributed by atoms with Gasteiger partial charge in [-0.3, -0.25) is 0 Å². The minimum Gasteiger partial charge on any atom is -1.00 e. The standard InChI is InChI=1S/C22H37N3O4S2.Na.H/c23-30(26,29-31(24,27)28)25(13-21-7-15-1-16(8-21)3-17(2-15)9-21)14-22-10-18-4-19(11-22)6-20(5-18)12-22;;/h15-20,23H,1-14H2,(H2,24,27,28);;/q;+1;-1. The summed E-state index contributed by atoms with van der Waals surface area (Å²) in [6.07, 6.45) is 14.7. The largest absolute Gasteiger partial charge is 1.00 e. The van der Waals surface area contributed by atoms with Crippen molar-refractivity contribution in [2.45, 2.75) is 77.0 Å². The van der Waals surface area contributed by atoms with Gasteiger partial charge < -0.3 is 1.43 Å². The Bertz CT molecular complexity index is 858. The van der Waals surface area contributed by atoms with Gasteiger partial charge >= 0.3 is 39.9 Å². The molecule has 8 aliphatic rings. The molecule has 0 aromatic heterocycles. The van der Waals surface area contributed by atoms with E-state index in [2.05, 4.69) is 0 Å². The predicted molar refractivity (Wildman–Crippen MR) is 119 cm³/mol. The van der Waals surface area contributed by atoms with Crippen LogP contribution < -0.4 is 34.7 Å². The molecule has 0 saturated heterocycles. The summed E-state index contributed by atoms with van der Waals surface area (Å²) in [4.78, 5) is 0. The van der Waals surface area contributed by atoms with Crippen LogP contribution in [-0.4, -0.2) is 30.0 Å². The van der Waals surface area contributed by atoms with Crippen molar-refractivity contribution in [1.82, 2.24) is 4.31 Å². The van der Waals surface area contributed by atoms with E-state index in [1.165, 1.54) is 38.5 Å². The molecule has 0 spiro atoms. The van der Waals surface area contributed by atoms with Crippen LogP contribution in [0.5, 0.6) is 0 Å². The van der Waals surface area contributed by atoms with Crippen molar-refractivity contribution in [3.8, 4) is 0 Å². The molecule has 178 valence electrons. The number of nitrogens with zero attached hydrogens (tertiary/aromatic N) is 1. The zero-order valence-corrected chi connectivity index (χ0v) is 23.0. The Morgan fingerprint density at radius 2 is 1.03 bits per heavy atom. The molecule has 0 amide bonds. The Balaban J connectivity index is 0.00000130. The summed E-state index contributed by atoms with van der Waals surface area (Å²) >= 11 is 0. The second kappa shape index (κ2) is 8.15. The Morgan fingerprint density at radius 3 is 1.28 bits per heavy atom. The van der Waals surface area contributed by atoms with Gasteiger partial charge in [0, 0.05) is 13.1 Å². The average Bonchev–Trinajstić information content (AvgIpc) is 2.56. The van der Waals surface area contributed by atoms with Gasteiger partial charge in [-0.05, 0) is 123 Å². The van der Waals surface area contributed by atoms with E-state index in [0.29, 0.717) is 13.1 Å². The van der Waals surface area contributed by atoms with E-state index in [1.807, 2.05) is 0 Å². The summed E-state index contributed by atoms with van der Waals surface area (Å²) in [5.74, 6) is 4.46. The van der Waals surface area contributed by atoms with Crippen LogP contribution in [0.4, 0.5) is 0 Å². The molecule has 1 unspecified atom stereocenters. The van der Waals surface area contributed by atoms with Gasteiger partial charge in [-0.2, -0.15) is 12.7 Å². The maximum Gasteiger partial charge on any atom is 1.00 e. The summed E-state index contributed by atoms with van der Waals surface area (Å²) < 4.78 is 51.8. The molecule has 32 heavy (non-hydrogen) atoms. The fourth-order valence-electron chi connectivity index (χ4n) is 10.1. The van der Waals surface area contributed by atoms with Gasteiger partial charge in [0.15, 0.2) is 0 Å². The van der Waals surface area contributed by atoms with Crippen LogP contribution in [0.15, 0.2) is 0 Å². The molecule has 7 nitrogen and oxygen atoms in total. The molecule has 0 aromatic carbocycles. The van der Waals surface area contributed by atoms with Crippen molar-refractivity contribution in [3.63, 3.8) is 0 Å². The Morgan fingerprint density at radius 1 is 0.750 bits per heavy atom. The molecule has 8 rings (SSSR count). The van der Waals surface area contributed by atoms with Crippen molar-refractivity contribution in [3.05, 3.63) is 0 Å². The molecule has 8 fully saturated rings. The first kappa shape index (κ1) is 24.5. The van der Waals surface area contributed by atoms with Gasteiger partial charge in [0.05, 0.1) is 0 Å². The second-order valence-corrected chi connectivity index (χ2v) is 15.7. The minimum absolute atomic E-state index is 0. The molecule has 3 N–H and O–H groups in total. The molecule has 8 saturated carbocycles. The van der Waals surface area contributed by atoms with E-state index < -0.39 is 20.5 Å². The van der Waals surface area contributed by atoms with Crippen molar-refractivity contribution in [1.29, 1.82) is 4.78 Å². The van der Waals surface area contributed by atoms with Crippen LogP contribution in [0.25, 0.3) is 0 Å². The van der Waals surface area contributed by atoms with Crippen molar-refractivity contribution >= 4 is 20.5 Å². The number of hydrogen-bond acceptors (Lipinski definition) is 5. The fraction of sp³-hybridized carbons (Fsp3) is 1.00. The Hall–Kier alpha value is 0.780. The third kappa shape index (κ3) is 4.63. The maximum absolute atomic E-state index is 13.5. The van der Waals surface area contributed by atoms with Crippen LogP contribution >= 0.6 is 0 Å². The molecule has 0 aromatic rings. The molecular weight excluding hydrogens is 457 g/mol. The van der Waals surface area contributed by atoms with Crippen LogP contribution in [0.2, 0.25) is 0 Å². The van der Waals surface area contributed by atoms with Crippen LogP contribution in [0.1, 0.15) is 78.5 Å². The summed E-state index contributed by atoms with van der Waals surface area (Å²) in [5, 5.41) is 5.11. The summed E-state index contributed by atoms with van der Waals surface area (Å²) in [5.41, 5.74) is 0.116. The van der Waals surface area contributed by atoms with Gasteiger partial charge in [0.2, 0.25) is 10.2 Å². The fourth-order valence-corrected chi connectivity index (χ4v) is 12.4. The predicted octanol–water partition coefficient (Wildman–Crippen LogP) is 0.935. The van der Waals surface area contributed by atoms with E-state index in [4.69, 9.17) is 13.5 Å². The van der Waals surface area contributed by atoms with Gasteiger partial charge in [0.25, 0.3) is 0 Å². The number of hydrogen-bond donors (Lipinski definition) is 2.